The van der Waals surface area contributed by atoms with E-state index in [0.29, 0.717) is 6.54 Å². The maximum Gasteiger partial charge on any atom is 0.122 e. The van der Waals surface area contributed by atoms with Crippen molar-refractivity contribution in [1.29, 1.82) is 0 Å². The van der Waals surface area contributed by atoms with Crippen LogP contribution in [0.25, 0.3) is 0 Å². The largest absolute Gasteiger partial charge is 0.496 e. The van der Waals surface area contributed by atoms with Gasteiger partial charge in [-0.25, -0.2) is 0 Å². The molecule has 2 aromatic rings. The van der Waals surface area contributed by atoms with E-state index in [1.54, 1.807) is 25.7 Å². The van der Waals surface area contributed by atoms with Gasteiger partial charge in [-0.1, -0.05) is 6.07 Å². The van der Waals surface area contributed by atoms with Gasteiger partial charge in [-0.05, 0) is 36.6 Å². The van der Waals surface area contributed by atoms with Crippen molar-refractivity contribution in [3.63, 3.8) is 0 Å². The van der Waals surface area contributed by atoms with Crippen LogP contribution in [0, 0.1) is 13.8 Å². The third kappa shape index (κ3) is 2.58. The lowest BCUT2D eigenvalue weighted by Crippen LogP contribution is -2.17. The van der Waals surface area contributed by atoms with Crippen LogP contribution in [-0.2, 0) is 0 Å². The maximum atomic E-state index is 5.93. The van der Waals surface area contributed by atoms with Crippen LogP contribution in [0.2, 0.25) is 0 Å². The van der Waals surface area contributed by atoms with Crippen LogP contribution in [-0.4, -0.2) is 23.6 Å². The van der Waals surface area contributed by atoms with E-state index < -0.39 is 0 Å². The lowest BCUT2D eigenvalue weighted by atomic mass is 9.89. The second-order valence-electron chi connectivity index (χ2n) is 4.53. The standard InChI is InChI=1S/C15H19N3O/c1-10-11(2)15(19-3)5-4-12(10)13(8-16)14-9-17-6-7-18-14/h4-7,9,13H,8,16H2,1-3H3. The van der Waals surface area contributed by atoms with E-state index >= 15 is 0 Å². The van der Waals surface area contributed by atoms with Gasteiger partial charge in [-0.2, -0.15) is 0 Å². The van der Waals surface area contributed by atoms with E-state index in [0.717, 1.165) is 17.0 Å². The Bertz CT molecular complexity index is 555. The second-order valence-corrected chi connectivity index (χ2v) is 4.53. The van der Waals surface area contributed by atoms with Gasteiger partial charge in [0.25, 0.3) is 0 Å². The fourth-order valence-corrected chi connectivity index (χ4v) is 2.31. The highest BCUT2D eigenvalue weighted by Crippen LogP contribution is 2.30. The monoisotopic (exact) mass is 257 g/mol. The minimum absolute atomic E-state index is 0.0679. The summed E-state index contributed by atoms with van der Waals surface area (Å²) in [6, 6.07) is 4.05. The molecule has 0 fully saturated rings. The van der Waals surface area contributed by atoms with Crippen molar-refractivity contribution in [1.82, 2.24) is 9.97 Å². The van der Waals surface area contributed by atoms with Crippen LogP contribution >= 0.6 is 0 Å². The minimum Gasteiger partial charge on any atom is -0.496 e. The molecule has 0 radical (unpaired) electrons. The highest BCUT2D eigenvalue weighted by molar-refractivity contribution is 5.46. The summed E-state index contributed by atoms with van der Waals surface area (Å²) in [5, 5.41) is 0. The Labute approximate surface area is 113 Å². The zero-order chi connectivity index (χ0) is 13.8. The maximum absolute atomic E-state index is 5.93. The predicted octanol–water partition coefficient (Wildman–Crippen LogP) is 2.19. The van der Waals surface area contributed by atoms with Crippen molar-refractivity contribution in [2.45, 2.75) is 19.8 Å². The number of hydrogen-bond acceptors (Lipinski definition) is 4. The molecule has 1 heterocycles. The van der Waals surface area contributed by atoms with E-state index in [4.69, 9.17) is 10.5 Å². The minimum atomic E-state index is 0.0679. The molecule has 4 nitrogen and oxygen atoms in total. The summed E-state index contributed by atoms with van der Waals surface area (Å²) in [7, 11) is 1.69. The second kappa shape index (κ2) is 5.80. The summed E-state index contributed by atoms with van der Waals surface area (Å²) in [4.78, 5) is 8.49. The van der Waals surface area contributed by atoms with Crippen LogP contribution in [0.15, 0.2) is 30.7 Å². The molecular formula is C15H19N3O. The number of nitrogens with zero attached hydrogens (tertiary/aromatic N) is 2. The molecule has 1 aromatic heterocycles. The Morgan fingerprint density at radius 1 is 1.21 bits per heavy atom. The Balaban J connectivity index is 2.48. The molecule has 0 spiro atoms. The van der Waals surface area contributed by atoms with Crippen LogP contribution in [0.5, 0.6) is 5.75 Å². The molecule has 100 valence electrons. The molecule has 0 aliphatic heterocycles. The molecule has 1 unspecified atom stereocenters. The Morgan fingerprint density at radius 2 is 2.00 bits per heavy atom. The number of hydrogen-bond donors (Lipinski definition) is 1. The first kappa shape index (κ1) is 13.5. The number of ether oxygens (including phenoxy) is 1. The van der Waals surface area contributed by atoms with E-state index in [-0.39, 0.29) is 5.92 Å². The number of methoxy groups -OCH3 is 1. The quantitative estimate of drug-likeness (QED) is 0.912. The normalized spacial score (nSPS) is 12.2. The average molecular weight is 257 g/mol. The van der Waals surface area contributed by atoms with Gasteiger partial charge in [-0.15, -0.1) is 0 Å². The molecule has 0 aliphatic rings. The first-order chi connectivity index (χ1) is 9.19. The Kier molecular flexibility index (Phi) is 4.12. The summed E-state index contributed by atoms with van der Waals surface area (Å²) >= 11 is 0. The van der Waals surface area contributed by atoms with Crippen molar-refractivity contribution in [2.24, 2.45) is 5.73 Å². The van der Waals surface area contributed by atoms with Crippen LogP contribution < -0.4 is 10.5 Å². The number of aromatic nitrogens is 2. The fourth-order valence-electron chi connectivity index (χ4n) is 2.31. The molecule has 0 saturated heterocycles. The van der Waals surface area contributed by atoms with Gasteiger partial charge in [0.05, 0.1) is 12.8 Å². The summed E-state index contributed by atoms with van der Waals surface area (Å²) in [6.45, 7) is 4.65. The topological polar surface area (TPSA) is 61.0 Å². The zero-order valence-corrected chi connectivity index (χ0v) is 11.6. The summed E-state index contributed by atoms with van der Waals surface area (Å²) in [5.41, 5.74) is 10.3. The highest BCUT2D eigenvalue weighted by atomic mass is 16.5. The molecular weight excluding hydrogens is 238 g/mol. The Hall–Kier alpha value is -1.94. The van der Waals surface area contributed by atoms with E-state index in [9.17, 15) is 0 Å². The third-order valence-corrected chi connectivity index (χ3v) is 3.55. The van der Waals surface area contributed by atoms with Crippen molar-refractivity contribution < 1.29 is 4.74 Å². The number of nitrogens with two attached hydrogens (primary N) is 1. The molecule has 0 bridgehead atoms. The van der Waals surface area contributed by atoms with Gasteiger partial charge in [0, 0.05) is 31.1 Å². The SMILES string of the molecule is COc1ccc(C(CN)c2cnccn2)c(C)c1C. The van der Waals surface area contributed by atoms with Crippen molar-refractivity contribution >= 4 is 0 Å². The van der Waals surface area contributed by atoms with Crippen LogP contribution in [0.3, 0.4) is 0 Å². The molecule has 0 aliphatic carbocycles. The lowest BCUT2D eigenvalue weighted by molar-refractivity contribution is 0.411. The summed E-state index contributed by atoms with van der Waals surface area (Å²) in [6.07, 6.45) is 5.14. The molecule has 0 saturated carbocycles. The van der Waals surface area contributed by atoms with Crippen LogP contribution in [0.1, 0.15) is 28.3 Å². The van der Waals surface area contributed by atoms with E-state index in [1.807, 2.05) is 6.07 Å². The first-order valence-electron chi connectivity index (χ1n) is 6.29. The molecule has 2 N–H and O–H groups in total. The highest BCUT2D eigenvalue weighted by Gasteiger charge is 2.18. The Morgan fingerprint density at radius 3 is 2.58 bits per heavy atom. The van der Waals surface area contributed by atoms with Crippen molar-refractivity contribution in [3.8, 4) is 5.75 Å². The third-order valence-electron chi connectivity index (χ3n) is 3.55. The van der Waals surface area contributed by atoms with Gasteiger partial charge in [0.1, 0.15) is 5.75 Å². The van der Waals surface area contributed by atoms with Gasteiger partial charge in [0.15, 0.2) is 0 Å². The van der Waals surface area contributed by atoms with Gasteiger partial charge < -0.3 is 10.5 Å². The summed E-state index contributed by atoms with van der Waals surface area (Å²) < 4.78 is 5.34. The molecule has 0 amide bonds. The zero-order valence-electron chi connectivity index (χ0n) is 11.6. The van der Waals surface area contributed by atoms with E-state index in [1.165, 1.54) is 11.1 Å². The van der Waals surface area contributed by atoms with Gasteiger partial charge >= 0.3 is 0 Å². The number of benzene rings is 1. The average Bonchev–Trinajstić information content (AvgIpc) is 2.45. The predicted molar refractivity (Wildman–Crippen MR) is 75.4 cm³/mol. The van der Waals surface area contributed by atoms with Gasteiger partial charge in [-0.3, -0.25) is 9.97 Å². The van der Waals surface area contributed by atoms with Crippen molar-refractivity contribution in [3.05, 3.63) is 53.1 Å². The molecule has 2 rings (SSSR count). The smallest absolute Gasteiger partial charge is 0.122 e. The van der Waals surface area contributed by atoms with Crippen LogP contribution in [0.4, 0.5) is 0 Å². The van der Waals surface area contributed by atoms with Crippen molar-refractivity contribution in [2.75, 3.05) is 13.7 Å². The van der Waals surface area contributed by atoms with E-state index in [2.05, 4.69) is 29.9 Å². The molecule has 4 heteroatoms. The molecule has 1 aromatic carbocycles. The lowest BCUT2D eigenvalue weighted by Gasteiger charge is -2.19. The number of rotatable bonds is 4. The molecule has 1 atom stereocenters. The fraction of sp³-hybridized carbons (Fsp3) is 0.333. The molecule has 19 heavy (non-hydrogen) atoms. The summed E-state index contributed by atoms with van der Waals surface area (Å²) in [5.74, 6) is 0.967. The van der Waals surface area contributed by atoms with Gasteiger partial charge in [0.2, 0.25) is 0 Å². The first-order valence-corrected chi connectivity index (χ1v) is 6.29.